The van der Waals surface area contributed by atoms with Gasteiger partial charge >= 0.3 is 0 Å². The van der Waals surface area contributed by atoms with Gasteiger partial charge in [0, 0.05) is 36.1 Å². The third-order valence-electron chi connectivity index (χ3n) is 5.30. The number of hydrogen-bond acceptors (Lipinski definition) is 7. The Morgan fingerprint density at radius 3 is 2.59 bits per heavy atom. The molecule has 0 aliphatic carbocycles. The minimum absolute atomic E-state index is 0.0928. The quantitative estimate of drug-likeness (QED) is 0.296. The van der Waals surface area contributed by atoms with Gasteiger partial charge in [-0.3, -0.25) is 14.4 Å². The molecule has 1 saturated heterocycles. The lowest BCUT2D eigenvalue weighted by Gasteiger charge is -2.26. The summed E-state index contributed by atoms with van der Waals surface area (Å²) in [5.41, 5.74) is 3.84. The smallest absolute Gasteiger partial charge is 0.260 e. The molecule has 1 heterocycles. The van der Waals surface area contributed by atoms with E-state index < -0.39 is 0 Å². The van der Waals surface area contributed by atoms with Gasteiger partial charge in [-0.25, -0.2) is 5.43 Å². The summed E-state index contributed by atoms with van der Waals surface area (Å²) in [5.74, 6) is 0.365. The summed E-state index contributed by atoms with van der Waals surface area (Å²) < 4.78 is 17.5. The van der Waals surface area contributed by atoms with Crippen molar-refractivity contribution in [2.75, 3.05) is 44.8 Å². The average Bonchev–Trinajstić information content (AvgIpc) is 2.89. The molecule has 0 saturated carbocycles. The highest BCUT2D eigenvalue weighted by Gasteiger charge is 2.18. The molecule has 0 bridgehead atoms. The molecule has 11 heteroatoms. The van der Waals surface area contributed by atoms with Crippen molar-refractivity contribution in [3.8, 4) is 11.5 Å². The highest BCUT2D eigenvalue weighted by Crippen LogP contribution is 2.28. The lowest BCUT2D eigenvalue weighted by molar-refractivity contribution is -0.137. The van der Waals surface area contributed by atoms with E-state index in [1.165, 1.54) is 6.21 Å². The van der Waals surface area contributed by atoms with E-state index in [0.29, 0.717) is 62.1 Å². The summed E-state index contributed by atoms with van der Waals surface area (Å²) in [4.78, 5) is 38.2. The van der Waals surface area contributed by atoms with Crippen molar-refractivity contribution < 1.29 is 28.6 Å². The van der Waals surface area contributed by atoms with Gasteiger partial charge in [0.2, 0.25) is 11.8 Å². The molecular formula is C26H31BrN4O6. The van der Waals surface area contributed by atoms with Crippen molar-refractivity contribution in [1.29, 1.82) is 0 Å². The molecule has 10 nitrogen and oxygen atoms in total. The van der Waals surface area contributed by atoms with Crippen LogP contribution in [-0.4, -0.2) is 68.4 Å². The average molecular weight is 575 g/mol. The number of anilines is 1. The Morgan fingerprint density at radius 1 is 1.05 bits per heavy atom. The molecule has 1 fully saturated rings. The van der Waals surface area contributed by atoms with Crippen LogP contribution in [-0.2, 0) is 19.1 Å². The molecule has 0 aromatic heterocycles. The van der Waals surface area contributed by atoms with Crippen molar-refractivity contribution in [3.63, 3.8) is 0 Å². The number of nitrogens with zero attached hydrogens (tertiary/aromatic N) is 2. The number of morpholine rings is 1. The van der Waals surface area contributed by atoms with Crippen LogP contribution in [0.25, 0.3) is 0 Å². The number of amides is 3. The molecule has 2 aromatic carbocycles. The Bertz CT molecular complexity index is 1100. The van der Waals surface area contributed by atoms with E-state index in [9.17, 15) is 14.4 Å². The van der Waals surface area contributed by atoms with E-state index in [-0.39, 0.29) is 37.2 Å². The highest BCUT2D eigenvalue weighted by atomic mass is 79.9. The van der Waals surface area contributed by atoms with E-state index >= 15 is 0 Å². The molecule has 0 atom stereocenters. The van der Waals surface area contributed by atoms with Gasteiger partial charge in [-0.1, -0.05) is 22.0 Å². The first-order valence-electron chi connectivity index (χ1n) is 12.1. The van der Waals surface area contributed by atoms with Crippen LogP contribution in [0.15, 0.2) is 52.0 Å². The van der Waals surface area contributed by atoms with E-state index in [1.807, 2.05) is 19.1 Å². The zero-order chi connectivity index (χ0) is 26.5. The maximum Gasteiger partial charge on any atom is 0.260 e. The van der Waals surface area contributed by atoms with Crippen LogP contribution >= 0.6 is 15.9 Å². The van der Waals surface area contributed by atoms with Crippen molar-refractivity contribution >= 4 is 45.6 Å². The molecule has 37 heavy (non-hydrogen) atoms. The molecule has 2 aromatic rings. The molecular weight excluding hydrogens is 544 g/mol. The Kier molecular flexibility index (Phi) is 11.4. The fourth-order valence-corrected chi connectivity index (χ4v) is 3.87. The molecule has 0 radical (unpaired) electrons. The summed E-state index contributed by atoms with van der Waals surface area (Å²) in [7, 11) is 0. The minimum Gasteiger partial charge on any atom is -0.490 e. The predicted octanol–water partition coefficient (Wildman–Crippen LogP) is 3.34. The van der Waals surface area contributed by atoms with E-state index in [1.54, 1.807) is 35.2 Å². The van der Waals surface area contributed by atoms with Crippen molar-refractivity contribution in [2.45, 2.75) is 26.2 Å². The number of rotatable bonds is 12. The van der Waals surface area contributed by atoms with Crippen molar-refractivity contribution in [3.05, 3.63) is 52.5 Å². The Hall–Kier alpha value is -3.44. The lowest BCUT2D eigenvalue weighted by atomic mass is 10.2. The molecule has 3 rings (SSSR count). The van der Waals surface area contributed by atoms with Gasteiger partial charge in [-0.15, -0.1) is 0 Å². The van der Waals surface area contributed by atoms with Crippen LogP contribution in [0.3, 0.4) is 0 Å². The molecule has 198 valence electrons. The number of benzene rings is 2. The topological polar surface area (TPSA) is 119 Å². The van der Waals surface area contributed by atoms with Gasteiger partial charge in [0.05, 0.1) is 26.0 Å². The van der Waals surface area contributed by atoms with Crippen LogP contribution < -0.4 is 20.2 Å². The molecule has 1 aliphatic heterocycles. The zero-order valence-corrected chi connectivity index (χ0v) is 22.3. The Labute approximate surface area is 224 Å². The second kappa shape index (κ2) is 15.0. The van der Waals surface area contributed by atoms with Crippen molar-refractivity contribution in [2.24, 2.45) is 5.10 Å². The summed E-state index contributed by atoms with van der Waals surface area (Å²) in [6.07, 6.45) is 2.27. The summed E-state index contributed by atoms with van der Waals surface area (Å²) >= 11 is 3.36. The third kappa shape index (κ3) is 9.85. The fraction of sp³-hybridized carbons (Fsp3) is 0.385. The van der Waals surface area contributed by atoms with Gasteiger partial charge in [-0.05, 0) is 55.3 Å². The van der Waals surface area contributed by atoms with Crippen molar-refractivity contribution in [1.82, 2.24) is 10.3 Å². The standard InChI is InChI=1S/C26H31BrN4O6/c1-2-36-23-15-19(9-10-22(23)37-18-26(34)31-11-13-35-14-12-31)17-28-30-25(33)8-4-7-24(32)29-21-6-3-5-20(27)16-21/h3,5-6,9-10,15-17H,2,4,7-8,11-14,18H2,1H3,(H,29,32)(H,30,33)/b28-17-. The lowest BCUT2D eigenvalue weighted by Crippen LogP contribution is -2.43. The Balaban J connectivity index is 1.42. The monoisotopic (exact) mass is 574 g/mol. The summed E-state index contributed by atoms with van der Waals surface area (Å²) in [6.45, 7) is 4.35. The minimum atomic E-state index is -0.293. The predicted molar refractivity (Wildman–Crippen MR) is 143 cm³/mol. The molecule has 3 amide bonds. The van der Waals surface area contributed by atoms with Crippen LogP contribution in [0.2, 0.25) is 0 Å². The first kappa shape index (κ1) is 28.1. The van der Waals surface area contributed by atoms with Crippen LogP contribution in [0, 0.1) is 0 Å². The normalized spacial score (nSPS) is 13.3. The summed E-state index contributed by atoms with van der Waals surface area (Å²) in [5, 5.41) is 6.78. The second-order valence-corrected chi connectivity index (χ2v) is 9.04. The molecule has 1 aliphatic rings. The maximum atomic E-state index is 12.3. The number of nitrogens with one attached hydrogen (secondary N) is 2. The van der Waals surface area contributed by atoms with Gasteiger partial charge in [-0.2, -0.15) is 5.10 Å². The van der Waals surface area contributed by atoms with Gasteiger partial charge in [0.1, 0.15) is 0 Å². The van der Waals surface area contributed by atoms with Crippen LogP contribution in [0.1, 0.15) is 31.7 Å². The number of hydrogen-bond donors (Lipinski definition) is 2. The third-order valence-corrected chi connectivity index (χ3v) is 5.79. The van der Waals surface area contributed by atoms with Crippen LogP contribution in [0.4, 0.5) is 5.69 Å². The first-order valence-corrected chi connectivity index (χ1v) is 12.9. The number of hydrazone groups is 1. The number of ether oxygens (including phenoxy) is 3. The summed E-state index contributed by atoms with van der Waals surface area (Å²) in [6, 6.07) is 12.5. The second-order valence-electron chi connectivity index (χ2n) is 8.13. The largest absolute Gasteiger partial charge is 0.490 e. The molecule has 0 spiro atoms. The van der Waals surface area contributed by atoms with Gasteiger partial charge < -0.3 is 24.4 Å². The highest BCUT2D eigenvalue weighted by molar-refractivity contribution is 9.10. The molecule has 0 unspecified atom stereocenters. The fourth-order valence-electron chi connectivity index (χ4n) is 3.47. The van der Waals surface area contributed by atoms with Gasteiger partial charge in [0.25, 0.3) is 5.91 Å². The van der Waals surface area contributed by atoms with Crippen LogP contribution in [0.5, 0.6) is 11.5 Å². The van der Waals surface area contributed by atoms with E-state index in [0.717, 1.165) is 4.47 Å². The first-order chi connectivity index (χ1) is 17.9. The molecule has 2 N–H and O–H groups in total. The maximum absolute atomic E-state index is 12.3. The number of carbonyl (C=O) groups is 3. The van der Waals surface area contributed by atoms with E-state index in [2.05, 4.69) is 31.8 Å². The van der Waals surface area contributed by atoms with Gasteiger partial charge in [0.15, 0.2) is 18.1 Å². The number of halogens is 1. The Morgan fingerprint density at radius 2 is 1.84 bits per heavy atom. The SMILES string of the molecule is CCOc1cc(/C=N\NC(=O)CCCC(=O)Nc2cccc(Br)c2)ccc1OCC(=O)N1CCOCC1. The zero-order valence-electron chi connectivity index (χ0n) is 20.7. The number of carbonyl (C=O) groups excluding carboxylic acids is 3. The van der Waals surface area contributed by atoms with E-state index in [4.69, 9.17) is 14.2 Å².